The maximum atomic E-state index is 12.0. The Morgan fingerprint density at radius 1 is 1.53 bits per heavy atom. The quantitative estimate of drug-likeness (QED) is 0.889. The number of carboxylic acids is 1. The van der Waals surface area contributed by atoms with Crippen LogP contribution in [0.25, 0.3) is 0 Å². The molecule has 1 aromatic heterocycles. The van der Waals surface area contributed by atoms with Crippen LogP contribution < -0.4 is 0 Å². The molecule has 1 N–H and O–H groups in total. The first-order valence-corrected chi connectivity index (χ1v) is 6.38. The molecule has 1 fully saturated rings. The summed E-state index contributed by atoms with van der Waals surface area (Å²) in [7, 11) is 0. The van der Waals surface area contributed by atoms with E-state index in [9.17, 15) is 9.59 Å². The monoisotopic (exact) mass is 263 g/mol. The molecule has 0 radical (unpaired) electrons. The molecule has 1 atom stereocenters. The molecule has 2 rings (SSSR count). The van der Waals surface area contributed by atoms with Gasteiger partial charge in [-0.1, -0.05) is 6.92 Å². The number of hydrogen-bond acceptors (Lipinski definition) is 4. The minimum atomic E-state index is -1.06. The molecule has 19 heavy (non-hydrogen) atoms. The van der Waals surface area contributed by atoms with Gasteiger partial charge in [0.15, 0.2) is 0 Å². The van der Waals surface area contributed by atoms with Crippen molar-refractivity contribution in [3.8, 4) is 0 Å². The van der Waals surface area contributed by atoms with Crippen LogP contribution in [0.1, 0.15) is 42.2 Å². The first-order valence-electron chi connectivity index (χ1n) is 6.38. The highest BCUT2D eigenvalue weighted by molar-refractivity contribution is 5.88. The third-order valence-corrected chi connectivity index (χ3v) is 3.46. The zero-order valence-corrected chi connectivity index (χ0v) is 10.9. The van der Waals surface area contributed by atoms with Crippen molar-refractivity contribution in [1.29, 1.82) is 0 Å². The maximum absolute atomic E-state index is 12.0. The van der Waals surface area contributed by atoms with E-state index in [0.717, 1.165) is 12.8 Å². The van der Waals surface area contributed by atoms with Crippen LogP contribution in [0.5, 0.6) is 0 Å². The van der Waals surface area contributed by atoms with Gasteiger partial charge in [0.1, 0.15) is 11.9 Å². The summed E-state index contributed by atoms with van der Waals surface area (Å²) in [4.78, 5) is 32.5. The predicted molar refractivity (Wildman–Crippen MR) is 67.4 cm³/mol. The SMILES string of the molecule is CC1CCC(=O)N(Cc2ncncc2C(=O)O)CC1. The van der Waals surface area contributed by atoms with Crippen LogP contribution in [0.4, 0.5) is 0 Å². The first-order chi connectivity index (χ1) is 9.08. The van der Waals surface area contributed by atoms with E-state index in [2.05, 4.69) is 16.9 Å². The highest BCUT2D eigenvalue weighted by Gasteiger charge is 2.22. The molecule has 0 spiro atoms. The van der Waals surface area contributed by atoms with Crippen LogP contribution in [0.2, 0.25) is 0 Å². The second-order valence-electron chi connectivity index (χ2n) is 4.94. The predicted octanol–water partition coefficient (Wildman–Crippen LogP) is 1.32. The van der Waals surface area contributed by atoms with Crippen LogP contribution in [0, 0.1) is 5.92 Å². The molecule has 0 aromatic carbocycles. The molecule has 1 amide bonds. The van der Waals surface area contributed by atoms with Gasteiger partial charge in [-0.15, -0.1) is 0 Å². The van der Waals surface area contributed by atoms with Crippen molar-refractivity contribution < 1.29 is 14.7 Å². The lowest BCUT2D eigenvalue weighted by atomic mass is 10.0. The van der Waals surface area contributed by atoms with E-state index in [1.54, 1.807) is 4.90 Å². The average molecular weight is 263 g/mol. The Bertz CT molecular complexity index is 490. The Balaban J connectivity index is 2.16. The Labute approximate surface area is 111 Å². The van der Waals surface area contributed by atoms with Crippen molar-refractivity contribution in [2.75, 3.05) is 6.54 Å². The van der Waals surface area contributed by atoms with Gasteiger partial charge in [-0.05, 0) is 18.8 Å². The summed E-state index contributed by atoms with van der Waals surface area (Å²) in [5.41, 5.74) is 0.456. The van der Waals surface area contributed by atoms with Crippen molar-refractivity contribution in [2.24, 2.45) is 5.92 Å². The van der Waals surface area contributed by atoms with Gasteiger partial charge in [0.25, 0.3) is 0 Å². The molecule has 0 bridgehead atoms. The molecule has 0 aliphatic carbocycles. The molecular weight excluding hydrogens is 246 g/mol. The van der Waals surface area contributed by atoms with Gasteiger partial charge in [-0.25, -0.2) is 14.8 Å². The molecule has 1 saturated heterocycles. The fraction of sp³-hybridized carbons (Fsp3) is 0.538. The molecule has 1 aliphatic heterocycles. The minimum absolute atomic E-state index is 0.0626. The van der Waals surface area contributed by atoms with Gasteiger partial charge in [0.2, 0.25) is 5.91 Å². The summed E-state index contributed by atoms with van der Waals surface area (Å²) in [6.07, 6.45) is 4.95. The van der Waals surface area contributed by atoms with Crippen molar-refractivity contribution in [3.63, 3.8) is 0 Å². The Morgan fingerprint density at radius 2 is 2.32 bits per heavy atom. The van der Waals surface area contributed by atoms with Crippen LogP contribution in [0.15, 0.2) is 12.5 Å². The summed E-state index contributed by atoms with van der Waals surface area (Å²) in [6.45, 7) is 3.03. The van der Waals surface area contributed by atoms with E-state index in [0.29, 0.717) is 24.6 Å². The van der Waals surface area contributed by atoms with E-state index in [1.807, 2.05) is 0 Å². The fourth-order valence-electron chi connectivity index (χ4n) is 2.18. The number of amides is 1. The fourth-order valence-corrected chi connectivity index (χ4v) is 2.18. The standard InChI is InChI=1S/C13H17N3O3/c1-9-2-3-12(17)16(5-4-9)7-11-10(13(18)19)6-14-8-15-11/h6,8-9H,2-5,7H2,1H3,(H,18,19). The highest BCUT2D eigenvalue weighted by atomic mass is 16.4. The zero-order chi connectivity index (χ0) is 13.8. The van der Waals surface area contributed by atoms with Gasteiger partial charge < -0.3 is 10.0 Å². The van der Waals surface area contributed by atoms with Crippen molar-refractivity contribution in [1.82, 2.24) is 14.9 Å². The van der Waals surface area contributed by atoms with Crippen molar-refractivity contribution in [2.45, 2.75) is 32.7 Å². The van der Waals surface area contributed by atoms with Crippen molar-refractivity contribution >= 4 is 11.9 Å². The minimum Gasteiger partial charge on any atom is -0.478 e. The molecule has 6 heteroatoms. The molecule has 1 aliphatic rings. The molecule has 1 aromatic rings. The maximum Gasteiger partial charge on any atom is 0.339 e. The second-order valence-corrected chi connectivity index (χ2v) is 4.94. The number of carbonyl (C=O) groups excluding carboxylic acids is 1. The van der Waals surface area contributed by atoms with Crippen LogP contribution in [-0.4, -0.2) is 38.4 Å². The average Bonchev–Trinajstić information content (AvgIpc) is 2.54. The lowest BCUT2D eigenvalue weighted by molar-refractivity contribution is -0.131. The van der Waals surface area contributed by atoms with Crippen LogP contribution in [-0.2, 0) is 11.3 Å². The van der Waals surface area contributed by atoms with Gasteiger partial charge in [0, 0.05) is 19.2 Å². The molecule has 1 unspecified atom stereocenters. The number of aromatic carboxylic acids is 1. The topological polar surface area (TPSA) is 83.4 Å². The lowest BCUT2D eigenvalue weighted by Gasteiger charge is -2.20. The summed E-state index contributed by atoms with van der Waals surface area (Å²) in [5.74, 6) is -0.469. The first kappa shape index (κ1) is 13.5. The molecule has 0 saturated carbocycles. The highest BCUT2D eigenvalue weighted by Crippen LogP contribution is 2.19. The number of nitrogens with zero attached hydrogens (tertiary/aromatic N) is 3. The van der Waals surface area contributed by atoms with Gasteiger partial charge in [0.05, 0.1) is 12.2 Å². The number of aromatic nitrogens is 2. The summed E-state index contributed by atoms with van der Waals surface area (Å²) in [5, 5.41) is 9.08. The van der Waals surface area contributed by atoms with E-state index < -0.39 is 5.97 Å². The third kappa shape index (κ3) is 3.27. The molecule has 6 nitrogen and oxygen atoms in total. The van der Waals surface area contributed by atoms with E-state index >= 15 is 0 Å². The summed E-state index contributed by atoms with van der Waals surface area (Å²) < 4.78 is 0. The summed E-state index contributed by atoms with van der Waals surface area (Å²) >= 11 is 0. The molecular formula is C13H17N3O3. The van der Waals surface area contributed by atoms with Crippen LogP contribution in [0.3, 0.4) is 0 Å². The van der Waals surface area contributed by atoms with Crippen LogP contribution >= 0.6 is 0 Å². The second kappa shape index (κ2) is 5.77. The number of hydrogen-bond donors (Lipinski definition) is 1. The zero-order valence-electron chi connectivity index (χ0n) is 10.9. The largest absolute Gasteiger partial charge is 0.478 e. The smallest absolute Gasteiger partial charge is 0.339 e. The number of likely N-dealkylation sites (tertiary alicyclic amines) is 1. The van der Waals surface area contributed by atoms with Gasteiger partial charge in [-0.2, -0.15) is 0 Å². The van der Waals surface area contributed by atoms with E-state index in [4.69, 9.17) is 5.11 Å². The molecule has 102 valence electrons. The summed E-state index contributed by atoms with van der Waals surface area (Å²) in [6, 6.07) is 0. The Morgan fingerprint density at radius 3 is 3.05 bits per heavy atom. The Kier molecular flexibility index (Phi) is 4.09. The van der Waals surface area contributed by atoms with Crippen molar-refractivity contribution in [3.05, 3.63) is 23.8 Å². The third-order valence-electron chi connectivity index (χ3n) is 3.46. The normalized spacial score (nSPS) is 20.2. The molecule has 2 heterocycles. The van der Waals surface area contributed by atoms with E-state index in [-0.39, 0.29) is 18.0 Å². The van der Waals surface area contributed by atoms with E-state index in [1.165, 1.54) is 12.5 Å². The number of carboxylic acid groups (broad SMARTS) is 1. The Hall–Kier alpha value is -1.98. The number of rotatable bonds is 3. The van der Waals surface area contributed by atoms with Gasteiger partial charge in [-0.3, -0.25) is 4.79 Å². The lowest BCUT2D eigenvalue weighted by Crippen LogP contribution is -2.31. The van der Waals surface area contributed by atoms with Gasteiger partial charge >= 0.3 is 5.97 Å². The number of carbonyl (C=O) groups is 2.